The molecule has 1 aliphatic heterocycles. The smallest absolute Gasteiger partial charge is 0.410 e. The standard InChI is InChI=1S/C17H26N2O5S2/c1-17(2,3)24-16(21)19-8-4-5-13(19)11-25-14-7-6-12(10-20)9-15(14)26(18,22)23/h6-7,9,13,20H,4-5,8,10-11H2,1-3H3,(H2,18,22,23). The van der Waals surface area contributed by atoms with Gasteiger partial charge in [0, 0.05) is 23.2 Å². The zero-order valence-corrected chi connectivity index (χ0v) is 16.9. The van der Waals surface area contributed by atoms with Crippen LogP contribution in [-0.4, -0.2) is 48.5 Å². The molecule has 9 heteroatoms. The van der Waals surface area contributed by atoms with Crippen LogP contribution in [0, 0.1) is 0 Å². The van der Waals surface area contributed by atoms with E-state index < -0.39 is 15.6 Å². The predicted octanol–water partition coefficient (Wildman–Crippen LogP) is 2.32. The van der Waals surface area contributed by atoms with Gasteiger partial charge in [-0.1, -0.05) is 6.07 Å². The third-order valence-corrected chi connectivity index (χ3v) is 6.23. The molecule has 0 spiro atoms. The number of amides is 1. The fourth-order valence-corrected chi connectivity index (χ4v) is 5.02. The number of nitrogens with zero attached hydrogens (tertiary/aromatic N) is 1. The molecule has 1 unspecified atom stereocenters. The summed E-state index contributed by atoms with van der Waals surface area (Å²) in [4.78, 5) is 14.6. The Hall–Kier alpha value is -1.29. The molecular weight excluding hydrogens is 376 g/mol. The average molecular weight is 403 g/mol. The summed E-state index contributed by atoms with van der Waals surface area (Å²) in [5.74, 6) is 0.542. The van der Waals surface area contributed by atoms with Crippen molar-refractivity contribution in [1.29, 1.82) is 0 Å². The fourth-order valence-electron chi connectivity index (χ4n) is 2.75. The van der Waals surface area contributed by atoms with Crippen molar-refractivity contribution < 1.29 is 23.1 Å². The molecule has 3 N–H and O–H groups in total. The third kappa shape index (κ3) is 5.60. The van der Waals surface area contributed by atoms with E-state index in [0.717, 1.165) is 12.8 Å². The Morgan fingerprint density at radius 2 is 2.12 bits per heavy atom. The van der Waals surface area contributed by atoms with Crippen LogP contribution in [0.2, 0.25) is 0 Å². The molecule has 0 aliphatic carbocycles. The van der Waals surface area contributed by atoms with E-state index in [2.05, 4.69) is 0 Å². The number of aliphatic hydroxyl groups is 1. The van der Waals surface area contributed by atoms with Gasteiger partial charge in [-0.25, -0.2) is 18.4 Å². The zero-order chi connectivity index (χ0) is 19.5. The van der Waals surface area contributed by atoms with E-state index in [1.807, 2.05) is 20.8 Å². The Morgan fingerprint density at radius 3 is 2.69 bits per heavy atom. The van der Waals surface area contributed by atoms with Gasteiger partial charge in [-0.2, -0.15) is 0 Å². The van der Waals surface area contributed by atoms with Gasteiger partial charge in [-0.15, -0.1) is 11.8 Å². The first-order valence-electron chi connectivity index (χ1n) is 8.40. The second-order valence-electron chi connectivity index (χ2n) is 7.27. The molecular formula is C17H26N2O5S2. The van der Waals surface area contributed by atoms with E-state index in [0.29, 0.717) is 22.8 Å². The summed E-state index contributed by atoms with van der Waals surface area (Å²) in [6.45, 7) is 5.84. The van der Waals surface area contributed by atoms with Crippen molar-refractivity contribution in [2.75, 3.05) is 12.3 Å². The maximum Gasteiger partial charge on any atom is 0.410 e. The Labute approximate surface area is 158 Å². The molecule has 146 valence electrons. The summed E-state index contributed by atoms with van der Waals surface area (Å²) in [5.41, 5.74) is -0.0761. The van der Waals surface area contributed by atoms with Crippen molar-refractivity contribution in [2.45, 2.75) is 61.7 Å². The van der Waals surface area contributed by atoms with Crippen LogP contribution in [0.25, 0.3) is 0 Å². The van der Waals surface area contributed by atoms with Crippen molar-refractivity contribution >= 4 is 27.9 Å². The van der Waals surface area contributed by atoms with Crippen LogP contribution >= 0.6 is 11.8 Å². The lowest BCUT2D eigenvalue weighted by molar-refractivity contribution is 0.0242. The molecule has 1 heterocycles. The Balaban J connectivity index is 2.12. The molecule has 26 heavy (non-hydrogen) atoms. The van der Waals surface area contributed by atoms with Crippen LogP contribution in [-0.2, 0) is 21.4 Å². The molecule has 1 aromatic carbocycles. The van der Waals surface area contributed by atoms with E-state index in [1.165, 1.54) is 17.8 Å². The maximum absolute atomic E-state index is 12.3. The molecule has 1 atom stereocenters. The largest absolute Gasteiger partial charge is 0.444 e. The minimum absolute atomic E-state index is 0.00383. The maximum atomic E-state index is 12.3. The third-order valence-electron chi connectivity index (χ3n) is 3.93. The summed E-state index contributed by atoms with van der Waals surface area (Å²) < 4.78 is 29.1. The second-order valence-corrected chi connectivity index (χ2v) is 9.86. The molecule has 1 aromatic rings. The lowest BCUT2D eigenvalue weighted by Gasteiger charge is -2.28. The minimum atomic E-state index is -3.90. The van der Waals surface area contributed by atoms with Gasteiger partial charge in [0.15, 0.2) is 0 Å². The van der Waals surface area contributed by atoms with Crippen LogP contribution in [0.15, 0.2) is 28.0 Å². The number of aliphatic hydroxyl groups excluding tert-OH is 1. The highest BCUT2D eigenvalue weighted by molar-refractivity contribution is 8.00. The summed E-state index contributed by atoms with van der Waals surface area (Å²) >= 11 is 1.34. The SMILES string of the molecule is CC(C)(C)OC(=O)N1CCCC1CSc1ccc(CO)cc1S(N)(=O)=O. The van der Waals surface area contributed by atoms with Crippen molar-refractivity contribution in [2.24, 2.45) is 5.14 Å². The molecule has 0 bridgehead atoms. The Bertz CT molecular complexity index is 759. The quantitative estimate of drug-likeness (QED) is 0.732. The van der Waals surface area contributed by atoms with E-state index in [9.17, 15) is 18.3 Å². The molecule has 0 saturated carbocycles. The number of rotatable bonds is 5. The molecule has 1 saturated heterocycles. The molecule has 1 amide bonds. The minimum Gasteiger partial charge on any atom is -0.444 e. The normalized spacial score (nSPS) is 18.2. The number of benzene rings is 1. The van der Waals surface area contributed by atoms with Crippen molar-refractivity contribution in [3.63, 3.8) is 0 Å². The van der Waals surface area contributed by atoms with Gasteiger partial charge in [0.25, 0.3) is 0 Å². The number of primary sulfonamides is 1. The summed E-state index contributed by atoms with van der Waals surface area (Å²) in [6.07, 6.45) is 1.38. The number of likely N-dealkylation sites (tertiary alicyclic amines) is 1. The van der Waals surface area contributed by atoms with Gasteiger partial charge in [0.1, 0.15) is 5.60 Å². The monoisotopic (exact) mass is 402 g/mol. The van der Waals surface area contributed by atoms with Crippen LogP contribution in [0.4, 0.5) is 4.79 Å². The van der Waals surface area contributed by atoms with Gasteiger partial charge in [0.05, 0.1) is 11.5 Å². The molecule has 0 aromatic heterocycles. The predicted molar refractivity (Wildman–Crippen MR) is 100 cm³/mol. The van der Waals surface area contributed by atoms with Crippen LogP contribution in [0.3, 0.4) is 0 Å². The first-order valence-corrected chi connectivity index (χ1v) is 10.9. The number of hydrogen-bond acceptors (Lipinski definition) is 6. The average Bonchev–Trinajstić information content (AvgIpc) is 2.99. The molecule has 2 rings (SSSR count). The summed E-state index contributed by atoms with van der Waals surface area (Å²) in [6, 6.07) is 4.67. The number of carbonyl (C=O) groups is 1. The number of nitrogens with two attached hydrogens (primary N) is 1. The fraction of sp³-hybridized carbons (Fsp3) is 0.588. The number of hydrogen-bond donors (Lipinski definition) is 2. The van der Waals surface area contributed by atoms with E-state index in [1.54, 1.807) is 17.0 Å². The highest BCUT2D eigenvalue weighted by Gasteiger charge is 2.32. The van der Waals surface area contributed by atoms with Crippen LogP contribution < -0.4 is 5.14 Å². The molecule has 7 nitrogen and oxygen atoms in total. The van der Waals surface area contributed by atoms with Gasteiger partial charge in [-0.3, -0.25) is 0 Å². The lowest BCUT2D eigenvalue weighted by Crippen LogP contribution is -2.40. The zero-order valence-electron chi connectivity index (χ0n) is 15.3. The van der Waals surface area contributed by atoms with E-state index in [4.69, 9.17) is 9.88 Å². The molecule has 1 aliphatic rings. The Kier molecular flexibility index (Phi) is 6.60. The second kappa shape index (κ2) is 8.16. The van der Waals surface area contributed by atoms with Crippen LogP contribution in [0.5, 0.6) is 0 Å². The van der Waals surface area contributed by atoms with E-state index >= 15 is 0 Å². The first kappa shape index (κ1) is 21.0. The summed E-state index contributed by atoms with van der Waals surface area (Å²) in [5, 5.41) is 14.5. The van der Waals surface area contributed by atoms with Gasteiger partial charge >= 0.3 is 6.09 Å². The topological polar surface area (TPSA) is 110 Å². The lowest BCUT2D eigenvalue weighted by atomic mass is 10.2. The first-order chi connectivity index (χ1) is 12.0. The highest BCUT2D eigenvalue weighted by atomic mass is 32.2. The Morgan fingerprint density at radius 1 is 1.42 bits per heavy atom. The number of thioether (sulfide) groups is 1. The van der Waals surface area contributed by atoms with Crippen molar-refractivity contribution in [3.8, 4) is 0 Å². The number of ether oxygens (including phenoxy) is 1. The van der Waals surface area contributed by atoms with Gasteiger partial charge in [0.2, 0.25) is 10.0 Å². The number of sulfonamides is 1. The van der Waals surface area contributed by atoms with Crippen LogP contribution in [0.1, 0.15) is 39.2 Å². The van der Waals surface area contributed by atoms with Gasteiger partial charge in [-0.05, 0) is 51.3 Å². The van der Waals surface area contributed by atoms with Gasteiger partial charge < -0.3 is 14.7 Å². The van der Waals surface area contributed by atoms with Crippen molar-refractivity contribution in [1.82, 2.24) is 4.90 Å². The van der Waals surface area contributed by atoms with Crippen molar-refractivity contribution in [3.05, 3.63) is 23.8 Å². The van der Waals surface area contributed by atoms with E-state index in [-0.39, 0.29) is 23.6 Å². The highest BCUT2D eigenvalue weighted by Crippen LogP contribution is 2.31. The number of carbonyl (C=O) groups excluding carboxylic acids is 1. The molecule has 1 fully saturated rings. The summed E-state index contributed by atoms with van der Waals surface area (Å²) in [7, 11) is -3.90. The molecule has 0 radical (unpaired) electrons.